The van der Waals surface area contributed by atoms with Gasteiger partial charge in [-0.2, -0.15) is 0 Å². The highest BCUT2D eigenvalue weighted by molar-refractivity contribution is 6.35. The van der Waals surface area contributed by atoms with Crippen LogP contribution in [0.3, 0.4) is 0 Å². The fraction of sp³-hybridized carbons (Fsp3) is 0.0769. The summed E-state index contributed by atoms with van der Waals surface area (Å²) in [6.07, 6.45) is 2.73. The zero-order valence-electron chi connectivity index (χ0n) is 9.64. The summed E-state index contributed by atoms with van der Waals surface area (Å²) in [7, 11) is 0. The lowest BCUT2D eigenvalue weighted by molar-refractivity contribution is 0.0691. The summed E-state index contributed by atoms with van der Waals surface area (Å²) in [5.41, 5.74) is 0.643. The number of pyridine rings is 1. The van der Waals surface area contributed by atoms with Gasteiger partial charge in [-0.15, -0.1) is 0 Å². The van der Waals surface area contributed by atoms with E-state index in [0.717, 1.165) is 0 Å². The first-order chi connectivity index (χ1) is 9.09. The smallest absolute Gasteiger partial charge is 0.339 e. The van der Waals surface area contributed by atoms with E-state index in [9.17, 15) is 4.79 Å². The number of rotatable bonds is 4. The second-order valence-electron chi connectivity index (χ2n) is 3.67. The molecule has 1 aromatic heterocycles. The first kappa shape index (κ1) is 13.6. The predicted octanol–water partition coefficient (Wildman–Crippen LogP) is 3.67. The normalized spacial score (nSPS) is 10.2. The summed E-state index contributed by atoms with van der Waals surface area (Å²) in [6.45, 7) is 0.0739. The summed E-state index contributed by atoms with van der Waals surface area (Å²) < 4.78 is 5.43. The summed E-state index contributed by atoms with van der Waals surface area (Å²) in [5.74, 6) is -0.909. The molecule has 0 fully saturated rings. The van der Waals surface area contributed by atoms with Gasteiger partial charge in [-0.25, -0.2) is 4.79 Å². The van der Waals surface area contributed by atoms with Crippen LogP contribution in [0.2, 0.25) is 10.0 Å². The van der Waals surface area contributed by atoms with E-state index in [4.69, 9.17) is 33.0 Å². The fourth-order valence-corrected chi connectivity index (χ4v) is 2.00. The minimum atomic E-state index is -1.08. The molecule has 0 saturated carbocycles. The van der Waals surface area contributed by atoms with Crippen molar-refractivity contribution in [1.29, 1.82) is 0 Å². The van der Waals surface area contributed by atoms with Crippen molar-refractivity contribution in [2.75, 3.05) is 0 Å². The molecular formula is C13H9Cl2NO3. The highest BCUT2D eigenvalue weighted by Crippen LogP contribution is 2.26. The van der Waals surface area contributed by atoms with Gasteiger partial charge in [0.05, 0.1) is 6.20 Å². The van der Waals surface area contributed by atoms with E-state index in [-0.39, 0.29) is 17.9 Å². The zero-order valence-corrected chi connectivity index (χ0v) is 11.1. The van der Waals surface area contributed by atoms with Crippen molar-refractivity contribution in [3.8, 4) is 5.75 Å². The Balaban J connectivity index is 2.22. The molecule has 0 aliphatic rings. The van der Waals surface area contributed by atoms with Crippen LogP contribution in [0.4, 0.5) is 0 Å². The van der Waals surface area contributed by atoms with Crippen LogP contribution in [0.15, 0.2) is 36.7 Å². The topological polar surface area (TPSA) is 59.4 Å². The molecule has 1 N–H and O–H groups in total. The number of benzene rings is 1. The van der Waals surface area contributed by atoms with Crippen LogP contribution in [0.1, 0.15) is 15.9 Å². The van der Waals surface area contributed by atoms with Gasteiger partial charge < -0.3 is 9.84 Å². The first-order valence-corrected chi connectivity index (χ1v) is 6.08. The Morgan fingerprint density at radius 3 is 2.58 bits per heavy atom. The van der Waals surface area contributed by atoms with E-state index in [2.05, 4.69) is 4.98 Å². The Labute approximate surface area is 119 Å². The zero-order chi connectivity index (χ0) is 13.8. The third-order valence-corrected chi connectivity index (χ3v) is 3.16. The maximum Gasteiger partial charge on any atom is 0.339 e. The average molecular weight is 298 g/mol. The van der Waals surface area contributed by atoms with E-state index in [1.807, 2.05) is 0 Å². The van der Waals surface area contributed by atoms with Crippen molar-refractivity contribution in [3.05, 3.63) is 57.8 Å². The van der Waals surface area contributed by atoms with Gasteiger partial charge in [0.25, 0.3) is 0 Å². The molecule has 0 saturated heterocycles. The molecule has 0 aliphatic carbocycles. The molecule has 0 atom stereocenters. The molecule has 6 heteroatoms. The van der Waals surface area contributed by atoms with Gasteiger partial charge in [0.15, 0.2) is 5.75 Å². The van der Waals surface area contributed by atoms with Gasteiger partial charge in [-0.3, -0.25) is 4.98 Å². The lowest BCUT2D eigenvalue weighted by Crippen LogP contribution is -2.04. The van der Waals surface area contributed by atoms with Crippen LogP contribution in [-0.4, -0.2) is 16.1 Å². The van der Waals surface area contributed by atoms with Crippen LogP contribution < -0.4 is 4.74 Å². The van der Waals surface area contributed by atoms with Crippen molar-refractivity contribution in [1.82, 2.24) is 4.98 Å². The highest BCUT2D eigenvalue weighted by Gasteiger charge is 2.12. The molecule has 2 aromatic rings. The van der Waals surface area contributed by atoms with Crippen LogP contribution in [0.25, 0.3) is 0 Å². The Morgan fingerprint density at radius 1 is 1.26 bits per heavy atom. The fourth-order valence-electron chi connectivity index (χ4n) is 1.49. The SMILES string of the molecule is O=C(O)c1ccncc1OCc1c(Cl)cccc1Cl. The molecular weight excluding hydrogens is 289 g/mol. The Bertz CT molecular complexity index is 596. The Morgan fingerprint density at radius 2 is 1.95 bits per heavy atom. The summed E-state index contributed by atoms with van der Waals surface area (Å²) in [6, 6.07) is 6.47. The molecule has 0 spiro atoms. The number of aromatic carboxylic acids is 1. The Hall–Kier alpha value is -1.78. The number of hydrogen-bond acceptors (Lipinski definition) is 3. The second-order valence-corrected chi connectivity index (χ2v) is 4.48. The number of aromatic nitrogens is 1. The minimum Gasteiger partial charge on any atom is -0.486 e. The average Bonchev–Trinajstić information content (AvgIpc) is 2.38. The van der Waals surface area contributed by atoms with Crippen LogP contribution >= 0.6 is 23.2 Å². The number of ether oxygens (including phenoxy) is 1. The molecule has 0 radical (unpaired) electrons. The molecule has 0 aliphatic heterocycles. The quantitative estimate of drug-likeness (QED) is 0.935. The summed E-state index contributed by atoms with van der Waals surface area (Å²) >= 11 is 12.0. The van der Waals surface area contributed by atoms with Gasteiger partial charge in [-0.05, 0) is 18.2 Å². The number of nitrogens with zero attached hydrogens (tertiary/aromatic N) is 1. The van der Waals surface area contributed by atoms with Crippen LogP contribution in [-0.2, 0) is 6.61 Å². The molecule has 0 amide bonds. The maximum absolute atomic E-state index is 11.0. The molecule has 19 heavy (non-hydrogen) atoms. The third kappa shape index (κ3) is 3.16. The van der Waals surface area contributed by atoms with Crippen molar-refractivity contribution >= 4 is 29.2 Å². The lowest BCUT2D eigenvalue weighted by Gasteiger charge is -2.10. The van der Waals surface area contributed by atoms with Crippen molar-refractivity contribution in [2.45, 2.75) is 6.61 Å². The van der Waals surface area contributed by atoms with Crippen LogP contribution in [0, 0.1) is 0 Å². The van der Waals surface area contributed by atoms with E-state index in [0.29, 0.717) is 15.6 Å². The lowest BCUT2D eigenvalue weighted by atomic mass is 10.2. The number of halogens is 2. The standard InChI is InChI=1S/C13H9Cl2NO3/c14-10-2-1-3-11(15)9(10)7-19-12-6-16-5-4-8(12)13(17)18/h1-6H,7H2,(H,17,18). The van der Waals surface area contributed by atoms with Gasteiger partial charge in [0.2, 0.25) is 0 Å². The number of hydrogen-bond donors (Lipinski definition) is 1. The van der Waals surface area contributed by atoms with Crippen molar-refractivity contribution < 1.29 is 14.6 Å². The number of carbonyl (C=O) groups is 1. The van der Waals surface area contributed by atoms with E-state index in [1.54, 1.807) is 18.2 Å². The van der Waals surface area contributed by atoms with Crippen LogP contribution in [0.5, 0.6) is 5.75 Å². The van der Waals surface area contributed by atoms with E-state index < -0.39 is 5.97 Å². The van der Waals surface area contributed by atoms with Gasteiger partial charge in [0.1, 0.15) is 12.2 Å². The third-order valence-electron chi connectivity index (χ3n) is 2.45. The number of carboxylic acid groups (broad SMARTS) is 1. The number of carboxylic acids is 1. The van der Waals surface area contributed by atoms with E-state index >= 15 is 0 Å². The molecule has 98 valence electrons. The summed E-state index contributed by atoms with van der Waals surface area (Å²) in [5, 5.41) is 9.94. The van der Waals surface area contributed by atoms with Gasteiger partial charge in [0, 0.05) is 21.8 Å². The molecule has 0 bridgehead atoms. The molecule has 0 unspecified atom stereocenters. The first-order valence-electron chi connectivity index (χ1n) is 5.32. The van der Waals surface area contributed by atoms with E-state index in [1.165, 1.54) is 18.5 Å². The summed E-state index contributed by atoms with van der Waals surface area (Å²) in [4.78, 5) is 14.8. The molecule has 1 aromatic carbocycles. The second kappa shape index (κ2) is 5.91. The largest absolute Gasteiger partial charge is 0.486 e. The Kier molecular flexibility index (Phi) is 4.24. The monoisotopic (exact) mass is 297 g/mol. The molecule has 2 rings (SSSR count). The predicted molar refractivity (Wildman–Crippen MR) is 72.0 cm³/mol. The minimum absolute atomic E-state index is 0.0400. The van der Waals surface area contributed by atoms with Gasteiger partial charge in [-0.1, -0.05) is 29.3 Å². The molecule has 4 nitrogen and oxygen atoms in total. The molecule has 1 heterocycles. The van der Waals surface area contributed by atoms with Crippen molar-refractivity contribution in [2.24, 2.45) is 0 Å². The van der Waals surface area contributed by atoms with Crippen molar-refractivity contribution in [3.63, 3.8) is 0 Å². The highest BCUT2D eigenvalue weighted by atomic mass is 35.5. The van der Waals surface area contributed by atoms with Gasteiger partial charge >= 0.3 is 5.97 Å². The maximum atomic E-state index is 11.0.